The molecule has 4 heteroatoms. The van der Waals surface area contributed by atoms with Crippen molar-refractivity contribution in [1.82, 2.24) is 19.1 Å². The van der Waals surface area contributed by atoms with E-state index in [0.717, 1.165) is 56.0 Å². The lowest BCUT2D eigenvalue weighted by Gasteiger charge is -2.14. The molecule has 1 aliphatic rings. The standard InChI is InChI=1S/C56H34N4/c1-3-14-36(15-4-1)54-53-45-24-12-16-35-17-13-25-46(52(35)45)55(53)58-56(57-54)39-18-11-21-41(32-39)60-48-26-9-7-22-42(48)44-30-28-38(34-51(44)60)37-29-31-50-47(33-37)43-23-8-10-27-49(43)59(50)40-19-5-2-6-20-40/h1-34H. The quantitative estimate of drug-likeness (QED) is 0.175. The SMILES string of the molecule is c1ccc(-c2nc(-c3cccc(-n4c5ccccc5c5ccc(-c6ccc7c(c6)c6ccccc6n7-c6ccccc6)cc54)c3)nc3c2-c2cccc4cccc-3c24)cc1. The van der Waals surface area contributed by atoms with Gasteiger partial charge in [0.05, 0.1) is 33.5 Å². The highest BCUT2D eigenvalue weighted by atomic mass is 15.0. The Morgan fingerprint density at radius 2 is 0.883 bits per heavy atom. The van der Waals surface area contributed by atoms with Gasteiger partial charge >= 0.3 is 0 Å². The van der Waals surface area contributed by atoms with E-state index < -0.39 is 0 Å². The Balaban J connectivity index is 0.989. The van der Waals surface area contributed by atoms with Gasteiger partial charge in [0.2, 0.25) is 0 Å². The molecule has 0 bridgehead atoms. The van der Waals surface area contributed by atoms with Crippen molar-refractivity contribution in [1.29, 1.82) is 0 Å². The van der Waals surface area contributed by atoms with Crippen LogP contribution in [0, 0.1) is 0 Å². The highest BCUT2D eigenvalue weighted by molar-refractivity contribution is 6.17. The van der Waals surface area contributed by atoms with Crippen LogP contribution in [0.3, 0.4) is 0 Å². The van der Waals surface area contributed by atoms with Crippen molar-refractivity contribution in [3.05, 3.63) is 206 Å². The summed E-state index contributed by atoms with van der Waals surface area (Å²) in [5.74, 6) is 0.712. The van der Waals surface area contributed by atoms with Crippen LogP contribution >= 0.6 is 0 Å². The highest BCUT2D eigenvalue weighted by Gasteiger charge is 2.28. The van der Waals surface area contributed by atoms with E-state index in [1.54, 1.807) is 0 Å². The Morgan fingerprint density at radius 3 is 1.68 bits per heavy atom. The van der Waals surface area contributed by atoms with Gasteiger partial charge in [0.15, 0.2) is 5.82 Å². The summed E-state index contributed by atoms with van der Waals surface area (Å²) in [6.07, 6.45) is 0. The van der Waals surface area contributed by atoms with Crippen molar-refractivity contribution < 1.29 is 0 Å². The Morgan fingerprint density at radius 1 is 0.317 bits per heavy atom. The van der Waals surface area contributed by atoms with Gasteiger partial charge in [-0.15, -0.1) is 0 Å². The second kappa shape index (κ2) is 12.7. The van der Waals surface area contributed by atoms with Gasteiger partial charge in [-0.25, -0.2) is 9.97 Å². The molecule has 0 atom stereocenters. The van der Waals surface area contributed by atoms with Crippen molar-refractivity contribution in [3.63, 3.8) is 0 Å². The van der Waals surface area contributed by atoms with Gasteiger partial charge in [-0.2, -0.15) is 0 Å². The van der Waals surface area contributed by atoms with Gasteiger partial charge in [-0.1, -0.05) is 152 Å². The minimum atomic E-state index is 0.712. The number of rotatable bonds is 5. The van der Waals surface area contributed by atoms with Crippen LogP contribution in [0.2, 0.25) is 0 Å². The number of hydrogen-bond donors (Lipinski definition) is 0. The van der Waals surface area contributed by atoms with Crippen LogP contribution in [-0.4, -0.2) is 19.1 Å². The topological polar surface area (TPSA) is 35.6 Å². The molecule has 60 heavy (non-hydrogen) atoms. The predicted molar refractivity (Wildman–Crippen MR) is 249 cm³/mol. The van der Waals surface area contributed by atoms with E-state index in [1.165, 1.54) is 60.0 Å². The van der Waals surface area contributed by atoms with Crippen molar-refractivity contribution >= 4 is 54.4 Å². The monoisotopic (exact) mass is 762 g/mol. The number of benzene rings is 9. The van der Waals surface area contributed by atoms with E-state index in [1.807, 2.05) is 0 Å². The van der Waals surface area contributed by atoms with E-state index in [-0.39, 0.29) is 0 Å². The maximum atomic E-state index is 5.40. The Labute approximate surface area is 345 Å². The Kier molecular flexibility index (Phi) is 6.98. The lowest BCUT2D eigenvalue weighted by atomic mass is 9.99. The molecule has 4 nitrogen and oxygen atoms in total. The van der Waals surface area contributed by atoms with E-state index in [0.29, 0.717) is 5.82 Å². The molecule has 0 fully saturated rings. The molecular formula is C56H34N4. The molecule has 0 spiro atoms. The first-order valence-corrected chi connectivity index (χ1v) is 20.5. The van der Waals surface area contributed by atoms with Gasteiger partial charge in [0, 0.05) is 55.2 Å². The van der Waals surface area contributed by atoms with E-state index >= 15 is 0 Å². The predicted octanol–water partition coefficient (Wildman–Crippen LogP) is 14.5. The van der Waals surface area contributed by atoms with Crippen LogP contribution < -0.4 is 0 Å². The van der Waals surface area contributed by atoms with Gasteiger partial charge in [0.25, 0.3) is 0 Å². The summed E-state index contributed by atoms with van der Waals surface area (Å²) in [4.78, 5) is 10.8. The van der Waals surface area contributed by atoms with Crippen LogP contribution in [-0.2, 0) is 0 Å². The molecule has 3 aromatic heterocycles. The van der Waals surface area contributed by atoms with E-state index in [2.05, 4.69) is 215 Å². The molecule has 3 heterocycles. The van der Waals surface area contributed by atoms with Crippen LogP contribution in [0.1, 0.15) is 0 Å². The molecule has 0 amide bonds. The number of para-hydroxylation sites is 3. The molecule has 0 N–H and O–H groups in total. The summed E-state index contributed by atoms with van der Waals surface area (Å²) in [6.45, 7) is 0. The van der Waals surface area contributed by atoms with Crippen molar-refractivity contribution in [2.75, 3.05) is 0 Å². The van der Waals surface area contributed by atoms with Crippen molar-refractivity contribution in [2.45, 2.75) is 0 Å². The number of aromatic nitrogens is 4. The average molecular weight is 763 g/mol. The van der Waals surface area contributed by atoms with Gasteiger partial charge in [0.1, 0.15) is 0 Å². The summed E-state index contributed by atoms with van der Waals surface area (Å²) in [5.41, 5.74) is 16.7. The largest absolute Gasteiger partial charge is 0.309 e. The van der Waals surface area contributed by atoms with Crippen LogP contribution in [0.5, 0.6) is 0 Å². The van der Waals surface area contributed by atoms with Crippen molar-refractivity contribution in [3.8, 4) is 67.5 Å². The molecule has 0 radical (unpaired) electrons. The fourth-order valence-electron chi connectivity index (χ4n) is 9.81. The first kappa shape index (κ1) is 32.9. The fraction of sp³-hybridized carbons (Fsp3) is 0. The molecule has 0 unspecified atom stereocenters. The highest BCUT2D eigenvalue weighted by Crippen LogP contribution is 2.50. The number of hydrogen-bond acceptors (Lipinski definition) is 2. The number of fused-ring (bicyclic) bond motifs is 9. The van der Waals surface area contributed by atoms with E-state index in [9.17, 15) is 0 Å². The third-order valence-electron chi connectivity index (χ3n) is 12.4. The molecular weight excluding hydrogens is 729 g/mol. The average Bonchev–Trinajstić information content (AvgIpc) is 3.95. The number of nitrogens with zero attached hydrogens (tertiary/aromatic N) is 4. The summed E-state index contributed by atoms with van der Waals surface area (Å²) in [6, 6.07) is 74.3. The van der Waals surface area contributed by atoms with Crippen molar-refractivity contribution in [2.24, 2.45) is 0 Å². The minimum absolute atomic E-state index is 0.712. The van der Waals surface area contributed by atoms with E-state index in [4.69, 9.17) is 9.97 Å². The second-order valence-electron chi connectivity index (χ2n) is 15.7. The molecule has 0 aliphatic heterocycles. The third kappa shape index (κ3) is 4.79. The maximum Gasteiger partial charge on any atom is 0.160 e. The normalized spacial score (nSPS) is 12.0. The van der Waals surface area contributed by atoms with Gasteiger partial charge < -0.3 is 9.13 Å². The molecule has 0 saturated heterocycles. The zero-order chi connectivity index (χ0) is 39.3. The van der Waals surface area contributed by atoms with Crippen LogP contribution in [0.25, 0.3) is 122 Å². The van der Waals surface area contributed by atoms with Gasteiger partial charge in [-0.05, 0) is 82.1 Å². The molecule has 278 valence electrons. The Hall–Kier alpha value is -8.08. The molecule has 0 saturated carbocycles. The second-order valence-corrected chi connectivity index (χ2v) is 15.7. The molecule has 1 aliphatic carbocycles. The summed E-state index contributed by atoms with van der Waals surface area (Å²) in [5, 5.41) is 7.38. The zero-order valence-corrected chi connectivity index (χ0v) is 32.4. The summed E-state index contributed by atoms with van der Waals surface area (Å²) < 4.78 is 4.77. The lowest BCUT2D eigenvalue weighted by Crippen LogP contribution is -1.99. The summed E-state index contributed by atoms with van der Waals surface area (Å²) in [7, 11) is 0. The van der Waals surface area contributed by atoms with Gasteiger partial charge in [-0.3, -0.25) is 0 Å². The summed E-state index contributed by atoms with van der Waals surface area (Å²) >= 11 is 0. The molecule has 13 rings (SSSR count). The first-order chi connectivity index (χ1) is 29.8. The lowest BCUT2D eigenvalue weighted by molar-refractivity contribution is 1.16. The fourth-order valence-corrected chi connectivity index (χ4v) is 9.81. The minimum Gasteiger partial charge on any atom is -0.309 e. The van der Waals surface area contributed by atoms with Crippen LogP contribution in [0.4, 0.5) is 0 Å². The van der Waals surface area contributed by atoms with Crippen LogP contribution in [0.15, 0.2) is 206 Å². The maximum absolute atomic E-state index is 5.40. The zero-order valence-electron chi connectivity index (χ0n) is 32.4. The first-order valence-electron chi connectivity index (χ1n) is 20.5. The molecule has 12 aromatic rings. The Bertz CT molecular complexity index is 3700. The third-order valence-corrected chi connectivity index (χ3v) is 12.4. The molecule has 9 aromatic carbocycles. The smallest absolute Gasteiger partial charge is 0.160 e.